The number of hydrogen-bond donors (Lipinski definition) is 0. The van der Waals surface area contributed by atoms with Crippen LogP contribution in [0.25, 0.3) is 31.3 Å². The van der Waals surface area contributed by atoms with Gasteiger partial charge in [-0.05, 0) is 52.0 Å². The van der Waals surface area contributed by atoms with Gasteiger partial charge >= 0.3 is 0 Å². The second-order valence-electron chi connectivity index (χ2n) is 10.1. The molecule has 0 fully saturated rings. The molecule has 6 rings (SSSR count). The number of anilines is 2. The van der Waals surface area contributed by atoms with Crippen molar-refractivity contribution in [3.05, 3.63) is 85.2 Å². The van der Waals surface area contributed by atoms with Crippen molar-refractivity contribution in [1.82, 2.24) is 9.97 Å². The fraction of sp³-hybridized carbons (Fsp3) is 0.235. The highest BCUT2D eigenvalue weighted by Crippen LogP contribution is 2.40. The van der Waals surface area contributed by atoms with Crippen LogP contribution in [0.1, 0.15) is 27.7 Å². The van der Waals surface area contributed by atoms with Crippen molar-refractivity contribution >= 4 is 77.2 Å². The van der Waals surface area contributed by atoms with Crippen LogP contribution < -0.4 is 9.80 Å². The van der Waals surface area contributed by atoms with Crippen molar-refractivity contribution in [3.8, 4) is 9.75 Å². The molecule has 10 heteroatoms. The summed E-state index contributed by atoms with van der Waals surface area (Å²) in [5.74, 6) is 0. The Labute approximate surface area is 265 Å². The van der Waals surface area contributed by atoms with Gasteiger partial charge in [-0.3, -0.25) is 0 Å². The van der Waals surface area contributed by atoms with Crippen molar-refractivity contribution in [3.63, 3.8) is 0 Å². The van der Waals surface area contributed by atoms with E-state index < -0.39 is 0 Å². The average molecular weight is 619 g/mol. The molecule has 0 aliphatic carbocycles. The largest absolute Gasteiger partial charge is 0.372 e. The van der Waals surface area contributed by atoms with Gasteiger partial charge in [-0.15, -0.1) is 20.5 Å². The molecule has 0 unspecified atom stereocenters. The molecule has 0 saturated heterocycles. The Bertz CT molecular complexity index is 1810. The topological polar surface area (TPSA) is 81.7 Å². The van der Waals surface area contributed by atoms with Gasteiger partial charge in [0.05, 0.1) is 21.1 Å². The van der Waals surface area contributed by atoms with Gasteiger partial charge in [0.25, 0.3) is 0 Å². The van der Waals surface area contributed by atoms with Crippen molar-refractivity contribution < 1.29 is 0 Å². The Morgan fingerprint density at radius 2 is 0.886 bits per heavy atom. The van der Waals surface area contributed by atoms with Gasteiger partial charge in [0, 0.05) is 71.5 Å². The van der Waals surface area contributed by atoms with E-state index in [-0.39, 0.29) is 0 Å². The Balaban J connectivity index is 1.21. The summed E-state index contributed by atoms with van der Waals surface area (Å²) in [6.45, 7) is 12.5. The molecule has 2 heterocycles. The van der Waals surface area contributed by atoms with Crippen LogP contribution in [0.4, 0.5) is 33.0 Å². The Kier molecular flexibility index (Phi) is 8.99. The number of azo groups is 2. The van der Waals surface area contributed by atoms with Crippen molar-refractivity contribution in [1.29, 1.82) is 0 Å². The van der Waals surface area contributed by atoms with E-state index >= 15 is 0 Å². The molecule has 4 aromatic carbocycles. The second kappa shape index (κ2) is 13.4. The minimum Gasteiger partial charge on any atom is -0.372 e. The molecule has 2 aromatic heterocycles. The van der Waals surface area contributed by atoms with Gasteiger partial charge < -0.3 is 9.80 Å². The minimum atomic E-state index is 0.591. The van der Waals surface area contributed by atoms with E-state index in [4.69, 9.17) is 0 Å². The maximum absolute atomic E-state index is 4.59. The standard InChI is InChI=1S/C34H34N8S2/c1-5-41(6-2)29-19-17-27(23-13-9-11-15-25(23)29)37-39-33-35-21-31(43-33)32-22-36-34(44-32)40-38-28-18-20-30(42(7-3)8-4)26-16-12-10-14-24(26)28/h9-22H,5-8H2,1-4H3/b39-37+,40-38+. The highest BCUT2D eigenvalue weighted by molar-refractivity contribution is 7.25. The van der Waals surface area contributed by atoms with E-state index in [2.05, 4.69) is 116 Å². The van der Waals surface area contributed by atoms with E-state index in [1.54, 1.807) is 0 Å². The van der Waals surface area contributed by atoms with Crippen LogP contribution in [0, 0.1) is 0 Å². The first kappa shape index (κ1) is 29.5. The zero-order valence-electron chi connectivity index (χ0n) is 25.3. The average Bonchev–Trinajstić information content (AvgIpc) is 3.75. The molecular weight excluding hydrogens is 585 g/mol. The summed E-state index contributed by atoms with van der Waals surface area (Å²) in [7, 11) is 0. The summed E-state index contributed by atoms with van der Waals surface area (Å²) in [5, 5.41) is 23.8. The molecule has 0 N–H and O–H groups in total. The molecule has 0 spiro atoms. The number of nitrogens with zero attached hydrogens (tertiary/aromatic N) is 8. The van der Waals surface area contributed by atoms with Crippen LogP contribution in [0.2, 0.25) is 0 Å². The molecule has 0 radical (unpaired) electrons. The van der Waals surface area contributed by atoms with Crippen molar-refractivity contribution in [2.75, 3.05) is 36.0 Å². The highest BCUT2D eigenvalue weighted by atomic mass is 32.1. The predicted molar refractivity (Wildman–Crippen MR) is 187 cm³/mol. The lowest BCUT2D eigenvalue weighted by Gasteiger charge is -2.23. The van der Waals surface area contributed by atoms with Crippen LogP contribution in [-0.4, -0.2) is 36.1 Å². The molecule has 222 valence electrons. The molecule has 8 nitrogen and oxygen atoms in total. The van der Waals surface area contributed by atoms with Crippen LogP contribution in [0.3, 0.4) is 0 Å². The number of aromatic nitrogens is 2. The molecule has 0 amide bonds. The van der Waals surface area contributed by atoms with E-state index in [9.17, 15) is 0 Å². The molecule has 44 heavy (non-hydrogen) atoms. The van der Waals surface area contributed by atoms with Crippen molar-refractivity contribution in [2.24, 2.45) is 20.5 Å². The Hall–Kier alpha value is -4.54. The highest BCUT2D eigenvalue weighted by Gasteiger charge is 2.13. The zero-order chi connectivity index (χ0) is 30.5. The monoisotopic (exact) mass is 618 g/mol. The van der Waals surface area contributed by atoms with Crippen LogP contribution in [-0.2, 0) is 0 Å². The molecule has 0 saturated carbocycles. The van der Waals surface area contributed by atoms with Gasteiger partial charge in [-0.2, -0.15) is 0 Å². The summed E-state index contributed by atoms with van der Waals surface area (Å²) in [6, 6.07) is 25.0. The summed E-state index contributed by atoms with van der Waals surface area (Å²) in [4.78, 5) is 15.6. The number of benzene rings is 4. The maximum Gasteiger partial charge on any atom is 0.230 e. The maximum atomic E-state index is 4.59. The third-order valence-electron chi connectivity index (χ3n) is 7.68. The number of thiazole rings is 2. The van der Waals surface area contributed by atoms with Crippen molar-refractivity contribution in [2.45, 2.75) is 27.7 Å². The van der Waals surface area contributed by atoms with Crippen LogP contribution >= 0.6 is 22.7 Å². The summed E-state index contributed by atoms with van der Waals surface area (Å²) in [5.41, 5.74) is 4.07. The summed E-state index contributed by atoms with van der Waals surface area (Å²) in [6.07, 6.45) is 3.63. The molecule has 6 aromatic rings. The first-order valence-electron chi connectivity index (χ1n) is 14.9. The molecule has 0 bridgehead atoms. The lowest BCUT2D eigenvalue weighted by molar-refractivity contribution is 0.870. The molecule has 0 atom stereocenters. The fourth-order valence-electron chi connectivity index (χ4n) is 5.43. The van der Waals surface area contributed by atoms with Gasteiger partial charge in [0.1, 0.15) is 0 Å². The third kappa shape index (κ3) is 5.95. The van der Waals surface area contributed by atoms with Crippen LogP contribution in [0.15, 0.2) is 106 Å². The second-order valence-corrected chi connectivity index (χ2v) is 12.1. The normalized spacial score (nSPS) is 11.8. The summed E-state index contributed by atoms with van der Waals surface area (Å²) < 4.78 is 0. The predicted octanol–water partition coefficient (Wildman–Crippen LogP) is 11.1. The van der Waals surface area contributed by atoms with E-state index in [0.717, 1.165) is 58.1 Å². The quantitative estimate of drug-likeness (QED) is 0.135. The van der Waals surface area contributed by atoms with E-state index in [1.165, 1.54) is 44.8 Å². The minimum absolute atomic E-state index is 0.591. The van der Waals surface area contributed by atoms with Gasteiger partial charge in [-0.25, -0.2) is 9.97 Å². The van der Waals surface area contributed by atoms with E-state index in [1.807, 2.05) is 36.7 Å². The van der Waals surface area contributed by atoms with E-state index in [0.29, 0.717) is 10.3 Å². The number of rotatable bonds is 11. The fourth-order valence-corrected chi connectivity index (χ4v) is 6.97. The Morgan fingerprint density at radius 1 is 0.500 bits per heavy atom. The lowest BCUT2D eigenvalue weighted by Crippen LogP contribution is -2.21. The first-order valence-corrected chi connectivity index (χ1v) is 16.6. The summed E-state index contributed by atoms with van der Waals surface area (Å²) >= 11 is 2.96. The molecule has 0 aliphatic heterocycles. The van der Waals surface area contributed by atoms with Gasteiger partial charge in [-0.1, -0.05) is 71.2 Å². The van der Waals surface area contributed by atoms with Gasteiger partial charge in [0.2, 0.25) is 10.3 Å². The van der Waals surface area contributed by atoms with Gasteiger partial charge in [0.15, 0.2) is 0 Å². The smallest absolute Gasteiger partial charge is 0.230 e. The zero-order valence-corrected chi connectivity index (χ0v) is 26.9. The third-order valence-corrected chi connectivity index (χ3v) is 9.64. The first-order chi connectivity index (χ1) is 21.6. The SMILES string of the molecule is CCN(CC)c1ccc(/N=N/c2ncc(-c3cnc(/N=N/c4ccc(N(CC)CC)c5ccccc45)s3)s2)c2ccccc12. The number of fused-ring (bicyclic) bond motifs is 2. The molecular formula is C34H34N8S2. The Morgan fingerprint density at radius 3 is 1.27 bits per heavy atom. The van der Waals surface area contributed by atoms with Crippen LogP contribution in [0.5, 0.6) is 0 Å². The molecule has 0 aliphatic rings. The lowest BCUT2D eigenvalue weighted by atomic mass is 10.1. The number of hydrogen-bond acceptors (Lipinski definition) is 10.